The second-order valence-corrected chi connectivity index (χ2v) is 7.44. The number of carbonyl (C=O) groups is 1. The molecule has 0 atom stereocenters. The Hall–Kier alpha value is -0.530. The van der Waals surface area contributed by atoms with E-state index in [2.05, 4.69) is 18.7 Å². The normalized spacial score (nSPS) is 39.6. The lowest BCUT2D eigenvalue weighted by atomic mass is 9.49. The number of nitrogens with zero attached hydrogens (tertiary/aromatic N) is 1. The molecule has 4 fully saturated rings. The van der Waals surface area contributed by atoms with E-state index < -0.39 is 0 Å². The Kier molecular flexibility index (Phi) is 3.61. The van der Waals surface area contributed by atoms with Crippen LogP contribution in [0.5, 0.6) is 0 Å². The molecule has 0 saturated heterocycles. The fourth-order valence-corrected chi connectivity index (χ4v) is 5.46. The van der Waals surface area contributed by atoms with Crippen molar-refractivity contribution in [2.24, 2.45) is 23.2 Å². The Balaban J connectivity index is 1.74. The van der Waals surface area contributed by atoms with Gasteiger partial charge in [0.1, 0.15) is 0 Å². The van der Waals surface area contributed by atoms with Crippen LogP contribution in [0.25, 0.3) is 0 Å². The molecule has 2 heteroatoms. The second-order valence-electron chi connectivity index (χ2n) is 7.44. The highest BCUT2D eigenvalue weighted by Crippen LogP contribution is 2.60. The summed E-state index contributed by atoms with van der Waals surface area (Å²) in [7, 11) is 0. The average molecular weight is 263 g/mol. The van der Waals surface area contributed by atoms with Crippen molar-refractivity contribution in [2.45, 2.75) is 65.2 Å². The number of rotatable bonds is 5. The lowest BCUT2D eigenvalue weighted by Crippen LogP contribution is -2.54. The lowest BCUT2D eigenvalue weighted by molar-refractivity contribution is -0.157. The predicted molar refractivity (Wildman–Crippen MR) is 77.8 cm³/mol. The molecule has 0 unspecified atom stereocenters. The van der Waals surface area contributed by atoms with Gasteiger partial charge in [0.15, 0.2) is 0 Å². The summed E-state index contributed by atoms with van der Waals surface area (Å²) in [6.45, 7) is 6.24. The number of unbranched alkanes of at least 4 members (excludes halogenated alkanes) is 1. The zero-order chi connectivity index (χ0) is 13.5. The molecule has 108 valence electrons. The largest absolute Gasteiger partial charge is 0.342 e. The van der Waals surface area contributed by atoms with Crippen LogP contribution in [0, 0.1) is 23.2 Å². The topological polar surface area (TPSA) is 20.3 Å². The summed E-state index contributed by atoms with van der Waals surface area (Å²) in [5, 5.41) is 0. The van der Waals surface area contributed by atoms with Crippen molar-refractivity contribution >= 4 is 5.91 Å². The summed E-state index contributed by atoms with van der Waals surface area (Å²) in [5.41, 5.74) is 0.0680. The third-order valence-corrected chi connectivity index (χ3v) is 5.94. The smallest absolute Gasteiger partial charge is 0.228 e. The van der Waals surface area contributed by atoms with E-state index in [1.807, 2.05) is 0 Å². The maximum absolute atomic E-state index is 13.1. The standard InChI is InChI=1S/C17H29NO/c1-3-5-6-18(4-2)16(19)17-10-13-7-14(11-17)9-15(8-13)12-17/h13-15H,3-12H2,1-2H3. The van der Waals surface area contributed by atoms with Crippen molar-refractivity contribution < 1.29 is 4.79 Å². The van der Waals surface area contributed by atoms with Gasteiger partial charge in [0.05, 0.1) is 5.41 Å². The van der Waals surface area contributed by atoms with Gasteiger partial charge in [0.25, 0.3) is 0 Å². The number of hydrogen-bond acceptors (Lipinski definition) is 1. The molecule has 4 saturated carbocycles. The van der Waals surface area contributed by atoms with Gasteiger partial charge in [0.2, 0.25) is 5.91 Å². The van der Waals surface area contributed by atoms with Crippen LogP contribution in [-0.2, 0) is 4.79 Å². The number of carbonyl (C=O) groups excluding carboxylic acids is 1. The van der Waals surface area contributed by atoms with Gasteiger partial charge in [-0.1, -0.05) is 13.3 Å². The predicted octanol–water partition coefficient (Wildman–Crippen LogP) is 3.85. The average Bonchev–Trinajstić information content (AvgIpc) is 2.37. The minimum absolute atomic E-state index is 0.0680. The summed E-state index contributed by atoms with van der Waals surface area (Å²) in [6.07, 6.45) is 10.2. The summed E-state index contributed by atoms with van der Waals surface area (Å²) in [4.78, 5) is 15.2. The van der Waals surface area contributed by atoms with Crippen molar-refractivity contribution in [2.75, 3.05) is 13.1 Å². The summed E-state index contributed by atoms with van der Waals surface area (Å²) < 4.78 is 0. The third kappa shape index (κ3) is 2.32. The van der Waals surface area contributed by atoms with Crippen molar-refractivity contribution in [1.82, 2.24) is 4.90 Å². The first-order chi connectivity index (χ1) is 9.16. The van der Waals surface area contributed by atoms with E-state index in [0.717, 1.165) is 37.3 Å². The van der Waals surface area contributed by atoms with Gasteiger partial charge in [-0.15, -0.1) is 0 Å². The van der Waals surface area contributed by atoms with Gasteiger partial charge >= 0.3 is 0 Å². The highest BCUT2D eigenvalue weighted by molar-refractivity contribution is 5.83. The maximum atomic E-state index is 13.1. The van der Waals surface area contributed by atoms with Crippen molar-refractivity contribution in [3.63, 3.8) is 0 Å². The van der Waals surface area contributed by atoms with Crippen LogP contribution in [0.2, 0.25) is 0 Å². The van der Waals surface area contributed by atoms with E-state index in [1.165, 1.54) is 44.9 Å². The highest BCUT2D eigenvalue weighted by atomic mass is 16.2. The molecule has 19 heavy (non-hydrogen) atoms. The molecule has 4 aliphatic rings. The van der Waals surface area contributed by atoms with Gasteiger partial charge in [-0.25, -0.2) is 0 Å². The van der Waals surface area contributed by atoms with E-state index >= 15 is 0 Å². The zero-order valence-corrected chi connectivity index (χ0v) is 12.7. The van der Waals surface area contributed by atoms with Gasteiger partial charge in [-0.3, -0.25) is 4.79 Å². The van der Waals surface area contributed by atoms with E-state index in [4.69, 9.17) is 0 Å². The van der Waals surface area contributed by atoms with Crippen LogP contribution in [-0.4, -0.2) is 23.9 Å². The first-order valence-electron chi connectivity index (χ1n) is 8.46. The fraction of sp³-hybridized carbons (Fsp3) is 0.941. The Morgan fingerprint density at radius 1 is 1.05 bits per heavy atom. The number of amides is 1. The fourth-order valence-electron chi connectivity index (χ4n) is 5.46. The molecular formula is C17H29NO. The summed E-state index contributed by atoms with van der Waals surface area (Å²) in [5.74, 6) is 3.14. The SMILES string of the molecule is CCCCN(CC)C(=O)C12CC3CC(CC(C3)C1)C2. The van der Waals surface area contributed by atoms with Crippen molar-refractivity contribution in [3.8, 4) is 0 Å². The van der Waals surface area contributed by atoms with Crippen LogP contribution < -0.4 is 0 Å². The quantitative estimate of drug-likeness (QED) is 0.737. The van der Waals surface area contributed by atoms with Crippen LogP contribution in [0.3, 0.4) is 0 Å². The van der Waals surface area contributed by atoms with E-state index in [-0.39, 0.29) is 5.41 Å². The minimum atomic E-state index is 0.0680. The molecule has 0 aliphatic heterocycles. The van der Waals surface area contributed by atoms with Crippen LogP contribution >= 0.6 is 0 Å². The molecule has 4 rings (SSSR count). The van der Waals surface area contributed by atoms with Crippen molar-refractivity contribution in [1.29, 1.82) is 0 Å². The Morgan fingerprint density at radius 3 is 2.00 bits per heavy atom. The van der Waals surface area contributed by atoms with Crippen LogP contribution in [0.15, 0.2) is 0 Å². The number of hydrogen-bond donors (Lipinski definition) is 0. The summed E-state index contributed by atoms with van der Waals surface area (Å²) >= 11 is 0. The molecule has 0 aromatic heterocycles. The molecule has 0 aromatic rings. The first-order valence-corrected chi connectivity index (χ1v) is 8.46. The molecule has 4 bridgehead atoms. The first kappa shape index (κ1) is 13.5. The molecule has 0 heterocycles. The second kappa shape index (κ2) is 5.10. The van der Waals surface area contributed by atoms with Crippen LogP contribution in [0.1, 0.15) is 65.2 Å². The Morgan fingerprint density at radius 2 is 1.58 bits per heavy atom. The molecular weight excluding hydrogens is 234 g/mol. The van der Waals surface area contributed by atoms with Crippen LogP contribution in [0.4, 0.5) is 0 Å². The van der Waals surface area contributed by atoms with E-state index in [9.17, 15) is 4.79 Å². The molecule has 0 spiro atoms. The molecule has 0 N–H and O–H groups in total. The Labute approximate surface area is 117 Å². The maximum Gasteiger partial charge on any atom is 0.228 e. The third-order valence-electron chi connectivity index (χ3n) is 5.94. The van der Waals surface area contributed by atoms with Gasteiger partial charge in [0, 0.05) is 13.1 Å². The van der Waals surface area contributed by atoms with Crippen molar-refractivity contribution in [3.05, 3.63) is 0 Å². The molecule has 1 amide bonds. The van der Waals surface area contributed by atoms with E-state index in [0.29, 0.717) is 5.91 Å². The molecule has 0 radical (unpaired) electrons. The highest BCUT2D eigenvalue weighted by Gasteiger charge is 2.55. The molecule has 2 nitrogen and oxygen atoms in total. The summed E-state index contributed by atoms with van der Waals surface area (Å²) in [6, 6.07) is 0. The van der Waals surface area contributed by atoms with Gasteiger partial charge < -0.3 is 4.90 Å². The van der Waals surface area contributed by atoms with E-state index in [1.54, 1.807) is 0 Å². The lowest BCUT2D eigenvalue weighted by Gasteiger charge is -2.56. The Bertz CT molecular complexity index is 314. The zero-order valence-electron chi connectivity index (χ0n) is 12.7. The molecule has 4 aliphatic carbocycles. The van der Waals surface area contributed by atoms with Gasteiger partial charge in [-0.2, -0.15) is 0 Å². The minimum Gasteiger partial charge on any atom is -0.342 e. The monoisotopic (exact) mass is 263 g/mol. The van der Waals surface area contributed by atoms with Gasteiger partial charge in [-0.05, 0) is 69.6 Å². The molecule has 0 aromatic carbocycles.